The molecule has 7 nitrogen and oxygen atoms in total. The molecule has 1 amide bonds. The van der Waals surface area contributed by atoms with E-state index in [1.807, 2.05) is 54.8 Å². The van der Waals surface area contributed by atoms with Crippen LogP contribution in [-0.2, 0) is 21.3 Å². The van der Waals surface area contributed by atoms with E-state index in [4.69, 9.17) is 11.2 Å². The number of carbonyl (C=O) groups excluding carboxylic acids is 1. The Morgan fingerprint density at radius 3 is 2.47 bits per heavy atom. The van der Waals surface area contributed by atoms with E-state index >= 15 is 0 Å². The second-order valence-corrected chi connectivity index (χ2v) is 11.7. The molecule has 0 N–H and O–H groups in total. The first-order valence-electron chi connectivity index (χ1n) is 11.6. The Labute approximate surface area is 213 Å². The van der Waals surface area contributed by atoms with Crippen LogP contribution in [0.5, 0.6) is 0 Å². The number of fused-ring (bicyclic) bond motifs is 3. The number of sulfonamides is 1. The molecule has 0 saturated carbocycles. The maximum atomic E-state index is 13.1. The molecule has 36 heavy (non-hydrogen) atoms. The Bertz CT molecular complexity index is 1670. The van der Waals surface area contributed by atoms with Gasteiger partial charge in [0.05, 0.1) is 33.9 Å². The van der Waals surface area contributed by atoms with Crippen molar-refractivity contribution in [3.05, 3.63) is 71.0 Å². The van der Waals surface area contributed by atoms with Crippen molar-refractivity contribution in [3.63, 3.8) is 0 Å². The number of nitrogens with zero attached hydrogens (tertiary/aromatic N) is 3. The average Bonchev–Trinajstić information content (AvgIpc) is 3.21. The van der Waals surface area contributed by atoms with Gasteiger partial charge >= 0.3 is 0 Å². The van der Waals surface area contributed by atoms with Crippen molar-refractivity contribution in [1.29, 1.82) is 0 Å². The molecule has 0 aliphatic carbocycles. The largest absolute Gasteiger partial charge is 0.373 e. The minimum Gasteiger partial charge on any atom is -0.373 e. The summed E-state index contributed by atoms with van der Waals surface area (Å²) in [5, 5.41) is 2.17. The standard InChI is InChI=1S/C27H25N3O4S2/c1-4-15-30-24-14-11-20-7-5-6-8-23(20)25(24)35-27(30)28-26(31)21-9-12-22(13-10-21)36(32,33)29-16-18(2)34-19(3)17-29/h1,5-14,18-19H,15-17H2,2-3H3. The normalized spacial score (nSPS) is 19.5. The molecular formula is C27H25N3O4S2. The number of ether oxygens (including phenoxy) is 1. The van der Waals surface area contributed by atoms with E-state index in [1.165, 1.54) is 39.9 Å². The van der Waals surface area contributed by atoms with Gasteiger partial charge in [-0.25, -0.2) is 8.42 Å². The van der Waals surface area contributed by atoms with Gasteiger partial charge < -0.3 is 9.30 Å². The number of terminal acetylenes is 1. The zero-order valence-electron chi connectivity index (χ0n) is 19.9. The van der Waals surface area contributed by atoms with Crippen molar-refractivity contribution in [2.45, 2.75) is 37.5 Å². The maximum absolute atomic E-state index is 13.1. The summed E-state index contributed by atoms with van der Waals surface area (Å²) in [6.45, 7) is 4.56. The predicted molar refractivity (Wildman–Crippen MR) is 141 cm³/mol. The number of hydrogen-bond acceptors (Lipinski definition) is 5. The molecule has 1 fully saturated rings. The molecule has 4 aromatic rings. The third-order valence-electron chi connectivity index (χ3n) is 6.15. The third-order valence-corrected chi connectivity index (χ3v) is 9.12. The van der Waals surface area contributed by atoms with Gasteiger partial charge in [-0.15, -0.1) is 6.42 Å². The SMILES string of the molecule is C#CCn1c(=NC(=O)c2ccc(S(=O)(=O)N3CC(C)OC(C)C3)cc2)sc2c3ccccc3ccc21. The summed E-state index contributed by atoms with van der Waals surface area (Å²) >= 11 is 1.41. The van der Waals surface area contributed by atoms with Crippen LogP contribution in [0.25, 0.3) is 21.0 Å². The van der Waals surface area contributed by atoms with Gasteiger partial charge in [0.1, 0.15) is 0 Å². The number of carbonyl (C=O) groups is 1. The van der Waals surface area contributed by atoms with Gasteiger partial charge in [0.25, 0.3) is 5.91 Å². The fraction of sp³-hybridized carbons (Fsp3) is 0.259. The van der Waals surface area contributed by atoms with Gasteiger partial charge in [-0.2, -0.15) is 9.30 Å². The summed E-state index contributed by atoms with van der Waals surface area (Å²) in [5.41, 5.74) is 1.21. The summed E-state index contributed by atoms with van der Waals surface area (Å²) in [6.07, 6.45) is 5.24. The highest BCUT2D eigenvalue weighted by Crippen LogP contribution is 2.28. The molecule has 1 saturated heterocycles. The lowest BCUT2D eigenvalue weighted by Crippen LogP contribution is -2.48. The molecule has 184 valence electrons. The van der Waals surface area contributed by atoms with Crippen LogP contribution < -0.4 is 4.80 Å². The summed E-state index contributed by atoms with van der Waals surface area (Å²) < 4.78 is 36.2. The van der Waals surface area contributed by atoms with E-state index in [2.05, 4.69) is 10.9 Å². The van der Waals surface area contributed by atoms with E-state index in [0.717, 1.165) is 21.0 Å². The lowest BCUT2D eigenvalue weighted by Gasteiger charge is -2.34. The second kappa shape index (κ2) is 9.64. The molecule has 1 aliphatic rings. The molecule has 1 aliphatic heterocycles. The lowest BCUT2D eigenvalue weighted by atomic mass is 10.1. The molecule has 1 aromatic heterocycles. The maximum Gasteiger partial charge on any atom is 0.279 e. The molecule has 2 atom stereocenters. The highest BCUT2D eigenvalue weighted by molar-refractivity contribution is 7.89. The molecule has 2 heterocycles. The summed E-state index contributed by atoms with van der Waals surface area (Å²) in [6, 6.07) is 18.0. The van der Waals surface area contributed by atoms with Crippen LogP contribution in [0.2, 0.25) is 0 Å². The molecule has 9 heteroatoms. The summed E-state index contributed by atoms with van der Waals surface area (Å²) in [7, 11) is -3.69. The first-order chi connectivity index (χ1) is 17.3. The van der Waals surface area contributed by atoms with E-state index in [-0.39, 0.29) is 23.6 Å². The highest BCUT2D eigenvalue weighted by Gasteiger charge is 2.32. The Hall–Kier alpha value is -3.29. The Kier molecular flexibility index (Phi) is 6.53. The van der Waals surface area contributed by atoms with Crippen LogP contribution in [0.3, 0.4) is 0 Å². The van der Waals surface area contributed by atoms with Gasteiger partial charge in [-0.05, 0) is 49.6 Å². The monoisotopic (exact) mass is 519 g/mol. The number of amides is 1. The van der Waals surface area contributed by atoms with Crippen LogP contribution in [-0.4, -0.2) is 48.5 Å². The van der Waals surface area contributed by atoms with Crippen LogP contribution in [0.15, 0.2) is 70.6 Å². The van der Waals surface area contributed by atoms with Crippen molar-refractivity contribution >= 4 is 48.3 Å². The van der Waals surface area contributed by atoms with Crippen LogP contribution in [0.4, 0.5) is 0 Å². The van der Waals surface area contributed by atoms with Gasteiger partial charge in [-0.3, -0.25) is 4.79 Å². The van der Waals surface area contributed by atoms with Crippen LogP contribution in [0.1, 0.15) is 24.2 Å². The van der Waals surface area contributed by atoms with Crippen molar-refractivity contribution in [3.8, 4) is 12.3 Å². The zero-order valence-corrected chi connectivity index (χ0v) is 21.6. The van der Waals surface area contributed by atoms with Crippen molar-refractivity contribution < 1.29 is 17.9 Å². The van der Waals surface area contributed by atoms with Crippen molar-refractivity contribution in [2.75, 3.05) is 13.1 Å². The first-order valence-corrected chi connectivity index (χ1v) is 13.8. The second-order valence-electron chi connectivity index (χ2n) is 8.83. The lowest BCUT2D eigenvalue weighted by molar-refractivity contribution is -0.0440. The Balaban J connectivity index is 1.49. The van der Waals surface area contributed by atoms with Crippen molar-refractivity contribution in [1.82, 2.24) is 8.87 Å². The smallest absolute Gasteiger partial charge is 0.279 e. The van der Waals surface area contributed by atoms with E-state index in [0.29, 0.717) is 23.5 Å². The molecule has 0 radical (unpaired) electrons. The van der Waals surface area contributed by atoms with Crippen LogP contribution >= 0.6 is 11.3 Å². The van der Waals surface area contributed by atoms with E-state index in [9.17, 15) is 13.2 Å². The predicted octanol–water partition coefficient (Wildman–Crippen LogP) is 4.03. The fourth-order valence-electron chi connectivity index (χ4n) is 4.52. The first kappa shape index (κ1) is 24.4. The number of morpholine rings is 1. The van der Waals surface area contributed by atoms with E-state index in [1.54, 1.807) is 0 Å². The summed E-state index contributed by atoms with van der Waals surface area (Å²) in [5.74, 6) is 2.18. The van der Waals surface area contributed by atoms with E-state index < -0.39 is 15.9 Å². The molecule has 0 bridgehead atoms. The van der Waals surface area contributed by atoms with Gasteiger partial charge in [0, 0.05) is 24.0 Å². The minimum atomic E-state index is -3.69. The fourth-order valence-corrected chi connectivity index (χ4v) is 7.28. The van der Waals surface area contributed by atoms with Crippen LogP contribution in [0, 0.1) is 12.3 Å². The number of hydrogen-bond donors (Lipinski definition) is 0. The number of benzene rings is 3. The highest BCUT2D eigenvalue weighted by atomic mass is 32.2. The summed E-state index contributed by atoms with van der Waals surface area (Å²) in [4.78, 5) is 18.1. The van der Waals surface area contributed by atoms with Gasteiger partial charge in [0.15, 0.2) is 4.80 Å². The number of aromatic nitrogens is 1. The van der Waals surface area contributed by atoms with Gasteiger partial charge in [-0.1, -0.05) is 47.6 Å². The molecular weight excluding hydrogens is 494 g/mol. The quantitative estimate of drug-likeness (QED) is 0.382. The minimum absolute atomic E-state index is 0.135. The Morgan fingerprint density at radius 1 is 1.08 bits per heavy atom. The molecule has 0 spiro atoms. The molecule has 2 unspecified atom stereocenters. The topological polar surface area (TPSA) is 81.0 Å². The Morgan fingerprint density at radius 2 is 1.78 bits per heavy atom. The molecule has 5 rings (SSSR count). The molecule has 3 aromatic carbocycles. The number of rotatable bonds is 4. The number of thiazole rings is 1. The van der Waals surface area contributed by atoms with Crippen molar-refractivity contribution in [2.24, 2.45) is 4.99 Å². The van der Waals surface area contributed by atoms with Gasteiger partial charge in [0.2, 0.25) is 10.0 Å². The third kappa shape index (κ3) is 4.49. The zero-order chi connectivity index (χ0) is 25.4. The average molecular weight is 520 g/mol.